The zero-order valence-electron chi connectivity index (χ0n) is 11.9. The summed E-state index contributed by atoms with van der Waals surface area (Å²) in [5, 5.41) is 9.44. The summed E-state index contributed by atoms with van der Waals surface area (Å²) >= 11 is 6.99. The summed E-state index contributed by atoms with van der Waals surface area (Å²) in [6, 6.07) is 2.92. The Kier molecular flexibility index (Phi) is 4.78. The van der Waals surface area contributed by atoms with Crippen molar-refractivity contribution in [2.24, 2.45) is 5.92 Å². The summed E-state index contributed by atoms with van der Waals surface area (Å²) in [6.45, 7) is 6.15. The number of thioether (sulfide) groups is 1. The van der Waals surface area contributed by atoms with Gasteiger partial charge in [0.2, 0.25) is 0 Å². The highest BCUT2D eigenvalue weighted by atomic mass is 35.5. The Balaban J connectivity index is 2.59. The number of hydrogen-bond donors (Lipinski definition) is 1. The quantitative estimate of drug-likeness (QED) is 0.834. The average molecular weight is 331 g/mol. The van der Waals surface area contributed by atoms with Crippen LogP contribution in [0.15, 0.2) is 17.3 Å². The number of benzene rings is 1. The van der Waals surface area contributed by atoms with Gasteiger partial charge in [-0.25, -0.2) is 9.37 Å². The maximum Gasteiger partial charge on any atom is 0.313 e. The molecule has 0 radical (unpaired) electrons. The van der Waals surface area contributed by atoms with E-state index in [1.54, 1.807) is 6.07 Å². The lowest BCUT2D eigenvalue weighted by Crippen LogP contribution is -2.13. The molecule has 1 N–H and O–H groups in total. The lowest BCUT2D eigenvalue weighted by Gasteiger charge is -2.20. The molecule has 0 aliphatic carbocycles. The fourth-order valence-electron chi connectivity index (χ4n) is 1.99. The number of fused-ring (bicyclic) bond motifs is 1. The molecular formula is C14H16ClFN2O2S. The molecule has 21 heavy (non-hydrogen) atoms. The van der Waals surface area contributed by atoms with E-state index in [0.717, 1.165) is 17.3 Å². The highest BCUT2D eigenvalue weighted by Crippen LogP contribution is 2.33. The lowest BCUT2D eigenvalue weighted by molar-refractivity contribution is -0.133. The van der Waals surface area contributed by atoms with Gasteiger partial charge in [0, 0.05) is 12.1 Å². The lowest BCUT2D eigenvalue weighted by atomic mass is 10.1. The fraction of sp³-hybridized carbons (Fsp3) is 0.429. The molecule has 2 rings (SSSR count). The number of hydrogen-bond acceptors (Lipinski definition) is 3. The van der Waals surface area contributed by atoms with Crippen LogP contribution in [0.2, 0.25) is 5.02 Å². The largest absolute Gasteiger partial charge is 0.481 e. The molecule has 4 nitrogen and oxygen atoms in total. The van der Waals surface area contributed by atoms with Crippen molar-refractivity contribution in [1.29, 1.82) is 0 Å². The highest BCUT2D eigenvalue weighted by molar-refractivity contribution is 7.99. The van der Waals surface area contributed by atoms with Gasteiger partial charge >= 0.3 is 5.97 Å². The zero-order chi connectivity index (χ0) is 15.7. The van der Waals surface area contributed by atoms with E-state index in [4.69, 9.17) is 16.7 Å². The van der Waals surface area contributed by atoms with Crippen molar-refractivity contribution in [1.82, 2.24) is 9.55 Å². The summed E-state index contributed by atoms with van der Waals surface area (Å²) in [5.74, 6) is -1.22. The second-order valence-electron chi connectivity index (χ2n) is 5.19. The molecule has 0 saturated heterocycles. The molecule has 1 atom stereocenters. The van der Waals surface area contributed by atoms with Crippen LogP contribution >= 0.6 is 23.4 Å². The predicted molar refractivity (Wildman–Crippen MR) is 82.6 cm³/mol. The minimum atomic E-state index is -0.917. The standard InChI is InChI=1S/C14H16ClFN2O2S/c1-7(2)8(3)18-12-4-9(15)10(16)5-11(12)17-14(18)21-6-13(19)20/h4-5,7-8H,6H2,1-3H3,(H,19,20). The van der Waals surface area contributed by atoms with Crippen LogP contribution in [0.3, 0.4) is 0 Å². The van der Waals surface area contributed by atoms with E-state index >= 15 is 0 Å². The predicted octanol–water partition coefficient (Wildman–Crippen LogP) is 4.22. The van der Waals surface area contributed by atoms with Crippen molar-refractivity contribution in [3.8, 4) is 0 Å². The van der Waals surface area contributed by atoms with E-state index < -0.39 is 11.8 Å². The fourth-order valence-corrected chi connectivity index (χ4v) is 2.97. The molecule has 0 amide bonds. The Labute approximate surface area is 131 Å². The maximum absolute atomic E-state index is 13.6. The number of carboxylic acid groups (broad SMARTS) is 1. The van der Waals surface area contributed by atoms with E-state index in [2.05, 4.69) is 18.8 Å². The van der Waals surface area contributed by atoms with Gasteiger partial charge in [0.05, 0.1) is 21.8 Å². The van der Waals surface area contributed by atoms with E-state index in [1.165, 1.54) is 6.07 Å². The molecule has 2 aromatic rings. The Morgan fingerprint density at radius 3 is 2.71 bits per heavy atom. The van der Waals surface area contributed by atoms with Crippen molar-refractivity contribution in [2.45, 2.75) is 32.0 Å². The average Bonchev–Trinajstić information content (AvgIpc) is 2.73. The molecule has 114 valence electrons. The molecule has 1 heterocycles. The number of nitrogens with zero attached hydrogens (tertiary/aromatic N) is 2. The number of carbonyl (C=O) groups is 1. The van der Waals surface area contributed by atoms with Gasteiger partial charge in [0.1, 0.15) is 5.82 Å². The van der Waals surface area contributed by atoms with E-state index in [1.807, 2.05) is 11.5 Å². The van der Waals surface area contributed by atoms with Gasteiger partial charge in [-0.1, -0.05) is 37.2 Å². The van der Waals surface area contributed by atoms with Crippen LogP contribution in [0.1, 0.15) is 26.8 Å². The summed E-state index contributed by atoms with van der Waals surface area (Å²) in [7, 11) is 0. The second-order valence-corrected chi connectivity index (χ2v) is 6.54. The van der Waals surface area contributed by atoms with Gasteiger partial charge < -0.3 is 9.67 Å². The molecule has 1 unspecified atom stereocenters. The van der Waals surface area contributed by atoms with Crippen LogP contribution in [0.25, 0.3) is 11.0 Å². The SMILES string of the molecule is CC(C)C(C)n1c(SCC(=O)O)nc2cc(F)c(Cl)cc21. The Hall–Kier alpha value is -1.27. The Bertz CT molecular complexity index is 687. The number of imidazole rings is 1. The molecule has 0 saturated carbocycles. The number of aliphatic carboxylic acids is 1. The molecule has 0 aliphatic rings. The molecule has 0 fully saturated rings. The first-order valence-corrected chi connectivity index (χ1v) is 7.89. The third-order valence-electron chi connectivity index (χ3n) is 3.40. The Morgan fingerprint density at radius 2 is 2.14 bits per heavy atom. The van der Waals surface area contributed by atoms with Crippen molar-refractivity contribution in [3.05, 3.63) is 23.0 Å². The van der Waals surface area contributed by atoms with E-state index in [9.17, 15) is 9.18 Å². The number of carboxylic acids is 1. The number of aromatic nitrogens is 2. The molecule has 1 aromatic heterocycles. The first-order chi connectivity index (χ1) is 9.81. The van der Waals surface area contributed by atoms with Gasteiger partial charge in [-0.3, -0.25) is 4.79 Å². The molecule has 0 bridgehead atoms. The maximum atomic E-state index is 13.6. The van der Waals surface area contributed by atoms with E-state index in [0.29, 0.717) is 16.6 Å². The van der Waals surface area contributed by atoms with Gasteiger partial charge in [0.25, 0.3) is 0 Å². The number of halogens is 2. The Morgan fingerprint density at radius 1 is 1.48 bits per heavy atom. The number of rotatable bonds is 5. The van der Waals surface area contributed by atoms with E-state index in [-0.39, 0.29) is 16.8 Å². The van der Waals surface area contributed by atoms with Crippen LogP contribution in [0, 0.1) is 11.7 Å². The van der Waals surface area contributed by atoms with Crippen molar-refractivity contribution >= 4 is 40.4 Å². The summed E-state index contributed by atoms with van der Waals surface area (Å²) in [4.78, 5) is 15.1. The minimum Gasteiger partial charge on any atom is -0.481 e. The minimum absolute atomic E-state index is 0.0365. The molecule has 0 aliphatic heterocycles. The summed E-state index contributed by atoms with van der Waals surface area (Å²) < 4.78 is 15.5. The van der Waals surface area contributed by atoms with Gasteiger partial charge in [-0.2, -0.15) is 0 Å². The third kappa shape index (κ3) is 3.32. The highest BCUT2D eigenvalue weighted by Gasteiger charge is 2.20. The second kappa shape index (κ2) is 6.23. The van der Waals surface area contributed by atoms with Crippen molar-refractivity contribution < 1.29 is 14.3 Å². The first kappa shape index (κ1) is 16.1. The monoisotopic (exact) mass is 330 g/mol. The molecule has 7 heteroatoms. The summed E-state index contributed by atoms with van der Waals surface area (Å²) in [5.41, 5.74) is 1.20. The zero-order valence-corrected chi connectivity index (χ0v) is 13.5. The van der Waals surface area contributed by atoms with Crippen molar-refractivity contribution in [2.75, 3.05) is 5.75 Å². The topological polar surface area (TPSA) is 55.1 Å². The van der Waals surface area contributed by atoms with Crippen LogP contribution in [-0.2, 0) is 4.79 Å². The van der Waals surface area contributed by atoms with Crippen LogP contribution in [0.5, 0.6) is 0 Å². The molecular weight excluding hydrogens is 315 g/mol. The van der Waals surface area contributed by atoms with Crippen molar-refractivity contribution in [3.63, 3.8) is 0 Å². The van der Waals surface area contributed by atoms with Gasteiger partial charge in [-0.15, -0.1) is 0 Å². The van der Waals surface area contributed by atoms with Crippen LogP contribution in [-0.4, -0.2) is 26.4 Å². The van der Waals surface area contributed by atoms with Gasteiger partial charge in [0.15, 0.2) is 5.16 Å². The van der Waals surface area contributed by atoms with Crippen LogP contribution in [0.4, 0.5) is 4.39 Å². The molecule has 0 spiro atoms. The summed E-state index contributed by atoms with van der Waals surface area (Å²) in [6.07, 6.45) is 0. The normalized spacial score (nSPS) is 13.0. The first-order valence-electron chi connectivity index (χ1n) is 6.52. The van der Waals surface area contributed by atoms with Crippen LogP contribution < -0.4 is 0 Å². The third-order valence-corrected chi connectivity index (χ3v) is 4.62. The van der Waals surface area contributed by atoms with Gasteiger partial charge in [-0.05, 0) is 18.9 Å². The molecule has 1 aromatic carbocycles. The smallest absolute Gasteiger partial charge is 0.313 e.